The number of aromatic amines is 1. The van der Waals surface area contributed by atoms with E-state index in [1.165, 1.54) is 5.56 Å². The highest BCUT2D eigenvalue weighted by atomic mass is 16.2. The fourth-order valence-corrected chi connectivity index (χ4v) is 1.96. The van der Waals surface area contributed by atoms with E-state index in [1.54, 1.807) is 6.92 Å². The third-order valence-corrected chi connectivity index (χ3v) is 3.25. The Morgan fingerprint density at radius 1 is 1.15 bits per heavy atom. The molecule has 106 valence electrons. The molecule has 0 saturated carbocycles. The maximum Gasteiger partial charge on any atom is 0.291 e. The number of aryl methyl sites for hydroxylation is 1. The van der Waals surface area contributed by atoms with Crippen LogP contribution in [-0.4, -0.2) is 21.1 Å². The number of hydrogen-bond donors (Lipinski definition) is 2. The van der Waals surface area contributed by atoms with Gasteiger partial charge in [0.05, 0.1) is 6.04 Å². The van der Waals surface area contributed by atoms with Crippen molar-refractivity contribution in [3.63, 3.8) is 0 Å². The van der Waals surface area contributed by atoms with Crippen LogP contribution in [0.2, 0.25) is 0 Å². The molecule has 0 aliphatic heterocycles. The van der Waals surface area contributed by atoms with Gasteiger partial charge in [-0.05, 0) is 30.9 Å². The average molecular weight is 272 g/mol. The van der Waals surface area contributed by atoms with E-state index in [0.717, 1.165) is 5.56 Å². The molecule has 0 aliphatic carbocycles. The van der Waals surface area contributed by atoms with Crippen molar-refractivity contribution in [1.82, 2.24) is 20.5 Å². The maximum atomic E-state index is 12.0. The lowest BCUT2D eigenvalue weighted by molar-refractivity contribution is 0.0929. The Kier molecular flexibility index (Phi) is 4.17. The first kappa shape index (κ1) is 14.2. The zero-order valence-electron chi connectivity index (χ0n) is 12.3. The van der Waals surface area contributed by atoms with Crippen LogP contribution in [0.1, 0.15) is 60.3 Å². The van der Waals surface area contributed by atoms with Crippen LogP contribution in [0.3, 0.4) is 0 Å². The quantitative estimate of drug-likeness (QED) is 0.899. The lowest BCUT2D eigenvalue weighted by atomic mass is 9.99. The number of hydrogen-bond acceptors (Lipinski definition) is 3. The number of carbonyl (C=O) groups is 1. The summed E-state index contributed by atoms with van der Waals surface area (Å²) in [6.45, 7) is 8.03. The molecule has 0 aliphatic rings. The Labute approximate surface area is 118 Å². The standard InChI is InChI=1S/C15H20N4O/c1-9(2)12-5-7-13(8-6-12)10(3)16-15(20)14-17-11(4)18-19-14/h5-10H,1-4H3,(H,16,20)(H,17,18,19). The fraction of sp³-hybridized carbons (Fsp3) is 0.400. The predicted molar refractivity (Wildman–Crippen MR) is 77.5 cm³/mol. The molecule has 0 fully saturated rings. The summed E-state index contributed by atoms with van der Waals surface area (Å²) in [4.78, 5) is 16.0. The smallest absolute Gasteiger partial charge is 0.291 e. The second-order valence-corrected chi connectivity index (χ2v) is 5.26. The number of aromatic nitrogens is 3. The summed E-state index contributed by atoms with van der Waals surface area (Å²) in [7, 11) is 0. The van der Waals surface area contributed by atoms with Crippen LogP contribution in [-0.2, 0) is 0 Å². The molecule has 1 aromatic carbocycles. The molecule has 20 heavy (non-hydrogen) atoms. The van der Waals surface area contributed by atoms with E-state index in [9.17, 15) is 4.79 Å². The molecule has 1 aromatic heterocycles. The van der Waals surface area contributed by atoms with Gasteiger partial charge in [0, 0.05) is 0 Å². The molecule has 0 radical (unpaired) electrons. The number of carbonyl (C=O) groups excluding carboxylic acids is 1. The van der Waals surface area contributed by atoms with Crippen LogP contribution in [0.25, 0.3) is 0 Å². The van der Waals surface area contributed by atoms with Crippen molar-refractivity contribution in [2.45, 2.75) is 39.7 Å². The highest BCUT2D eigenvalue weighted by Gasteiger charge is 2.15. The van der Waals surface area contributed by atoms with Gasteiger partial charge in [0.15, 0.2) is 0 Å². The van der Waals surface area contributed by atoms with Crippen molar-refractivity contribution < 1.29 is 4.79 Å². The van der Waals surface area contributed by atoms with Gasteiger partial charge in [-0.2, -0.15) is 0 Å². The van der Waals surface area contributed by atoms with Crippen molar-refractivity contribution >= 4 is 5.91 Å². The van der Waals surface area contributed by atoms with Crippen molar-refractivity contribution in [3.8, 4) is 0 Å². The van der Waals surface area contributed by atoms with Crippen molar-refractivity contribution in [2.24, 2.45) is 0 Å². The van der Waals surface area contributed by atoms with Gasteiger partial charge >= 0.3 is 0 Å². The zero-order chi connectivity index (χ0) is 14.7. The minimum atomic E-state index is -0.269. The minimum absolute atomic E-state index is 0.0810. The van der Waals surface area contributed by atoms with Crippen LogP contribution >= 0.6 is 0 Å². The molecule has 1 heterocycles. The maximum absolute atomic E-state index is 12.0. The van der Waals surface area contributed by atoms with Crippen LogP contribution in [0.5, 0.6) is 0 Å². The molecule has 0 saturated heterocycles. The van der Waals surface area contributed by atoms with Gasteiger partial charge in [-0.25, -0.2) is 4.98 Å². The number of benzene rings is 1. The molecule has 0 bridgehead atoms. The Hall–Kier alpha value is -2.17. The Bertz CT molecular complexity index is 586. The van der Waals surface area contributed by atoms with Crippen LogP contribution in [0.15, 0.2) is 24.3 Å². The summed E-state index contributed by atoms with van der Waals surface area (Å²) in [6, 6.07) is 8.20. The Morgan fingerprint density at radius 2 is 1.75 bits per heavy atom. The van der Waals surface area contributed by atoms with Gasteiger partial charge in [0.2, 0.25) is 5.82 Å². The first-order chi connectivity index (χ1) is 9.47. The lowest BCUT2D eigenvalue weighted by Crippen LogP contribution is -2.27. The normalized spacial score (nSPS) is 12.4. The number of nitrogens with one attached hydrogen (secondary N) is 2. The van der Waals surface area contributed by atoms with Gasteiger partial charge < -0.3 is 5.32 Å². The second kappa shape index (κ2) is 5.86. The fourth-order valence-electron chi connectivity index (χ4n) is 1.96. The average Bonchev–Trinajstić information content (AvgIpc) is 2.85. The number of rotatable bonds is 4. The SMILES string of the molecule is Cc1nc(C(=O)NC(C)c2ccc(C(C)C)cc2)n[nH]1. The van der Waals surface area contributed by atoms with E-state index < -0.39 is 0 Å². The Balaban J connectivity index is 2.04. The van der Waals surface area contributed by atoms with Gasteiger partial charge in [-0.1, -0.05) is 38.1 Å². The molecule has 2 aromatic rings. The first-order valence-corrected chi connectivity index (χ1v) is 6.77. The summed E-state index contributed by atoms with van der Waals surface area (Å²) in [6.07, 6.45) is 0. The molecular formula is C15H20N4O. The third kappa shape index (κ3) is 3.23. The van der Waals surface area contributed by atoms with Crippen molar-refractivity contribution in [3.05, 3.63) is 47.0 Å². The van der Waals surface area contributed by atoms with E-state index >= 15 is 0 Å². The minimum Gasteiger partial charge on any atom is -0.343 e. The summed E-state index contributed by atoms with van der Waals surface area (Å²) in [5.74, 6) is 1.04. The molecule has 5 nitrogen and oxygen atoms in total. The summed E-state index contributed by atoms with van der Waals surface area (Å²) in [5.41, 5.74) is 2.35. The van der Waals surface area contributed by atoms with Crippen molar-refractivity contribution in [2.75, 3.05) is 0 Å². The Morgan fingerprint density at radius 3 is 2.25 bits per heavy atom. The van der Waals surface area contributed by atoms with E-state index in [2.05, 4.69) is 46.5 Å². The summed E-state index contributed by atoms with van der Waals surface area (Å²) >= 11 is 0. The number of H-pyrrole nitrogens is 1. The van der Waals surface area contributed by atoms with Crippen molar-refractivity contribution in [1.29, 1.82) is 0 Å². The van der Waals surface area contributed by atoms with Gasteiger partial charge in [-0.15, -0.1) is 5.10 Å². The number of nitrogens with zero attached hydrogens (tertiary/aromatic N) is 2. The monoisotopic (exact) mass is 272 g/mol. The van der Waals surface area contributed by atoms with Crippen LogP contribution in [0, 0.1) is 6.92 Å². The van der Waals surface area contributed by atoms with Gasteiger partial charge in [0.25, 0.3) is 5.91 Å². The van der Waals surface area contributed by atoms with E-state index in [0.29, 0.717) is 11.7 Å². The van der Waals surface area contributed by atoms with E-state index in [-0.39, 0.29) is 17.8 Å². The van der Waals surface area contributed by atoms with Crippen LogP contribution in [0.4, 0.5) is 0 Å². The van der Waals surface area contributed by atoms with Gasteiger partial charge in [0.1, 0.15) is 5.82 Å². The summed E-state index contributed by atoms with van der Waals surface area (Å²) in [5, 5.41) is 9.40. The highest BCUT2D eigenvalue weighted by Crippen LogP contribution is 2.18. The molecule has 1 unspecified atom stereocenters. The molecular weight excluding hydrogens is 252 g/mol. The largest absolute Gasteiger partial charge is 0.343 e. The van der Waals surface area contributed by atoms with Gasteiger partial charge in [-0.3, -0.25) is 9.89 Å². The molecule has 0 spiro atoms. The lowest BCUT2D eigenvalue weighted by Gasteiger charge is -2.14. The number of amides is 1. The van der Waals surface area contributed by atoms with E-state index in [1.807, 2.05) is 19.1 Å². The second-order valence-electron chi connectivity index (χ2n) is 5.26. The molecule has 2 N–H and O–H groups in total. The van der Waals surface area contributed by atoms with E-state index in [4.69, 9.17) is 0 Å². The predicted octanol–water partition coefficient (Wildman–Crippen LogP) is 2.73. The third-order valence-electron chi connectivity index (χ3n) is 3.25. The van der Waals surface area contributed by atoms with Crippen LogP contribution < -0.4 is 5.32 Å². The molecule has 1 amide bonds. The topological polar surface area (TPSA) is 70.7 Å². The zero-order valence-corrected chi connectivity index (χ0v) is 12.3. The molecule has 2 rings (SSSR count). The first-order valence-electron chi connectivity index (χ1n) is 6.77. The summed E-state index contributed by atoms with van der Waals surface area (Å²) < 4.78 is 0. The highest BCUT2D eigenvalue weighted by molar-refractivity contribution is 5.90. The molecule has 1 atom stereocenters. The molecule has 5 heteroatoms.